The highest BCUT2D eigenvalue weighted by Crippen LogP contribution is 2.27. The number of piperazine rings is 1. The molecule has 0 unspecified atom stereocenters. The zero-order valence-electron chi connectivity index (χ0n) is 20.3. The summed E-state index contributed by atoms with van der Waals surface area (Å²) in [6.45, 7) is 9.58. The number of benzene rings is 1. The van der Waals surface area contributed by atoms with Crippen molar-refractivity contribution in [2.24, 2.45) is 5.92 Å². The molecule has 4 rings (SSSR count). The Hall–Kier alpha value is -2.27. The van der Waals surface area contributed by atoms with Crippen molar-refractivity contribution in [1.82, 2.24) is 24.6 Å². The molecule has 2 aliphatic rings. The molecular weight excluding hydrogens is 454 g/mol. The van der Waals surface area contributed by atoms with Gasteiger partial charge in [0.15, 0.2) is 5.76 Å². The van der Waals surface area contributed by atoms with E-state index in [0.717, 1.165) is 38.3 Å². The van der Waals surface area contributed by atoms with E-state index in [0.29, 0.717) is 43.9 Å². The van der Waals surface area contributed by atoms with E-state index in [4.69, 9.17) is 4.52 Å². The zero-order chi connectivity index (χ0) is 24.3. The molecule has 0 bridgehead atoms. The van der Waals surface area contributed by atoms with Crippen LogP contribution in [0.1, 0.15) is 35.4 Å². The third-order valence-electron chi connectivity index (χ3n) is 6.85. The van der Waals surface area contributed by atoms with Gasteiger partial charge in [-0.25, -0.2) is 8.42 Å². The number of sulfonamides is 1. The molecule has 34 heavy (non-hydrogen) atoms. The van der Waals surface area contributed by atoms with Crippen molar-refractivity contribution in [3.8, 4) is 0 Å². The lowest BCUT2D eigenvalue weighted by molar-refractivity contribution is -0.126. The second-order valence-corrected chi connectivity index (χ2v) is 11.3. The first-order valence-electron chi connectivity index (χ1n) is 11.9. The Bertz CT molecular complexity index is 1080. The van der Waals surface area contributed by atoms with Gasteiger partial charge in [0, 0.05) is 58.3 Å². The number of hydrogen-bond acceptors (Lipinski definition) is 7. The summed E-state index contributed by atoms with van der Waals surface area (Å²) in [7, 11) is -1.51. The molecule has 0 radical (unpaired) electrons. The van der Waals surface area contributed by atoms with Crippen molar-refractivity contribution in [3.63, 3.8) is 0 Å². The van der Waals surface area contributed by atoms with E-state index >= 15 is 0 Å². The lowest BCUT2D eigenvalue weighted by Crippen LogP contribution is -2.43. The molecule has 2 saturated heterocycles. The number of nitrogens with one attached hydrogen (secondary N) is 1. The molecule has 10 heteroatoms. The number of carbonyl (C=O) groups is 1. The molecule has 1 aromatic carbocycles. The topological polar surface area (TPSA) is 99.0 Å². The van der Waals surface area contributed by atoms with Crippen LogP contribution in [0.25, 0.3) is 0 Å². The zero-order valence-corrected chi connectivity index (χ0v) is 21.1. The molecule has 1 aromatic heterocycles. The molecule has 1 amide bonds. The van der Waals surface area contributed by atoms with E-state index in [1.807, 2.05) is 12.1 Å². The van der Waals surface area contributed by atoms with Crippen molar-refractivity contribution < 1.29 is 17.7 Å². The van der Waals surface area contributed by atoms with Crippen LogP contribution in [0.4, 0.5) is 0 Å². The molecule has 0 saturated carbocycles. The Morgan fingerprint density at radius 3 is 2.41 bits per heavy atom. The summed E-state index contributed by atoms with van der Waals surface area (Å²) < 4.78 is 32.4. The smallest absolute Gasteiger partial charge is 0.248 e. The maximum Gasteiger partial charge on any atom is 0.248 e. The lowest BCUT2D eigenvalue weighted by atomic mass is 9.97. The number of carbonyl (C=O) groups excluding carboxylic acids is 1. The third-order valence-corrected chi connectivity index (χ3v) is 8.99. The first kappa shape index (κ1) is 24.8. The normalized spacial score (nSPS) is 19.4. The van der Waals surface area contributed by atoms with Crippen molar-refractivity contribution in [2.75, 3.05) is 46.3 Å². The van der Waals surface area contributed by atoms with Gasteiger partial charge < -0.3 is 14.7 Å². The van der Waals surface area contributed by atoms with Gasteiger partial charge in [-0.1, -0.05) is 29.4 Å². The second kappa shape index (κ2) is 10.6. The molecule has 186 valence electrons. The molecular formula is C24H35N5O4S. The predicted molar refractivity (Wildman–Crippen MR) is 129 cm³/mol. The van der Waals surface area contributed by atoms with E-state index in [2.05, 4.69) is 39.5 Å². The molecule has 2 fully saturated rings. The van der Waals surface area contributed by atoms with Crippen molar-refractivity contribution in [1.29, 1.82) is 0 Å². The average Bonchev–Trinajstić information content (AvgIpc) is 3.18. The molecule has 3 heterocycles. The molecule has 1 N–H and O–H groups in total. The predicted octanol–water partition coefficient (Wildman–Crippen LogP) is 1.76. The van der Waals surface area contributed by atoms with Crippen LogP contribution in [0.3, 0.4) is 0 Å². The highest BCUT2D eigenvalue weighted by molar-refractivity contribution is 7.89. The van der Waals surface area contributed by atoms with Gasteiger partial charge in [0.25, 0.3) is 0 Å². The van der Waals surface area contributed by atoms with Crippen molar-refractivity contribution in [2.45, 2.75) is 44.7 Å². The van der Waals surface area contributed by atoms with Crippen LogP contribution < -0.4 is 5.32 Å². The van der Waals surface area contributed by atoms with E-state index in [1.54, 1.807) is 13.8 Å². The maximum absolute atomic E-state index is 13.0. The van der Waals surface area contributed by atoms with Crippen LogP contribution in [0, 0.1) is 19.8 Å². The number of aryl methyl sites for hydroxylation is 2. The number of hydrogen-bond donors (Lipinski definition) is 1. The van der Waals surface area contributed by atoms with Crippen molar-refractivity contribution >= 4 is 15.9 Å². The van der Waals surface area contributed by atoms with E-state index in [-0.39, 0.29) is 16.7 Å². The summed E-state index contributed by atoms with van der Waals surface area (Å²) in [5, 5.41) is 6.82. The van der Waals surface area contributed by atoms with Gasteiger partial charge in [-0.05, 0) is 44.9 Å². The van der Waals surface area contributed by atoms with Gasteiger partial charge in [0.2, 0.25) is 15.9 Å². The van der Waals surface area contributed by atoms with Gasteiger partial charge in [0.05, 0.1) is 0 Å². The van der Waals surface area contributed by atoms with Crippen LogP contribution >= 0.6 is 0 Å². The highest BCUT2D eigenvalue weighted by Gasteiger charge is 2.35. The van der Waals surface area contributed by atoms with Crippen LogP contribution in [-0.2, 0) is 27.9 Å². The Balaban J connectivity index is 1.27. The lowest BCUT2D eigenvalue weighted by Gasteiger charge is -2.32. The second-order valence-electron chi connectivity index (χ2n) is 9.45. The number of piperidine rings is 1. The average molecular weight is 490 g/mol. The minimum atomic E-state index is -3.67. The molecule has 0 atom stereocenters. The summed E-state index contributed by atoms with van der Waals surface area (Å²) in [6, 6.07) is 8.38. The summed E-state index contributed by atoms with van der Waals surface area (Å²) in [4.78, 5) is 17.7. The van der Waals surface area contributed by atoms with E-state index in [1.165, 1.54) is 9.87 Å². The monoisotopic (exact) mass is 489 g/mol. The number of nitrogens with zero attached hydrogens (tertiary/aromatic N) is 4. The third kappa shape index (κ3) is 5.68. The highest BCUT2D eigenvalue weighted by atomic mass is 32.2. The quantitative estimate of drug-likeness (QED) is 0.633. The van der Waals surface area contributed by atoms with Crippen LogP contribution in [-0.4, -0.2) is 79.9 Å². The Morgan fingerprint density at radius 1 is 1.09 bits per heavy atom. The summed E-state index contributed by atoms with van der Waals surface area (Å²) in [5.74, 6) is 0.0933. The number of likely N-dealkylation sites (N-methyl/N-ethyl adjacent to an activating group) is 1. The van der Waals surface area contributed by atoms with Crippen LogP contribution in [0.5, 0.6) is 0 Å². The van der Waals surface area contributed by atoms with Crippen LogP contribution in [0.2, 0.25) is 0 Å². The Kier molecular flexibility index (Phi) is 7.71. The fraction of sp³-hybridized carbons (Fsp3) is 0.583. The molecule has 0 aliphatic carbocycles. The van der Waals surface area contributed by atoms with Crippen molar-refractivity contribution in [3.05, 3.63) is 46.8 Å². The first-order valence-corrected chi connectivity index (χ1v) is 13.4. The van der Waals surface area contributed by atoms with Gasteiger partial charge in [-0.2, -0.15) is 4.31 Å². The maximum atomic E-state index is 13.0. The van der Waals surface area contributed by atoms with Gasteiger partial charge in [0.1, 0.15) is 10.6 Å². The standard InChI is InChI=1S/C24H35N5O4S/c1-18-23(19(2)33-26-18)34(31,32)29-9-7-22(8-10-29)24(30)25-16-20-5-4-6-21(15-20)17-28-13-11-27(3)12-14-28/h4-6,15,22H,7-14,16-17H2,1-3H3,(H,25,30). The number of rotatable bonds is 7. The minimum Gasteiger partial charge on any atom is -0.360 e. The molecule has 0 spiro atoms. The summed E-state index contributed by atoms with van der Waals surface area (Å²) in [6.07, 6.45) is 0.996. The fourth-order valence-electron chi connectivity index (χ4n) is 4.77. The Morgan fingerprint density at radius 2 is 1.76 bits per heavy atom. The largest absolute Gasteiger partial charge is 0.360 e. The molecule has 2 aromatic rings. The van der Waals surface area contributed by atoms with E-state index < -0.39 is 10.0 Å². The molecule has 2 aliphatic heterocycles. The van der Waals surface area contributed by atoms with Gasteiger partial charge >= 0.3 is 0 Å². The van der Waals surface area contributed by atoms with Crippen LogP contribution in [0.15, 0.2) is 33.7 Å². The summed E-state index contributed by atoms with van der Waals surface area (Å²) in [5.41, 5.74) is 2.71. The van der Waals surface area contributed by atoms with E-state index in [9.17, 15) is 13.2 Å². The first-order chi connectivity index (χ1) is 16.2. The van der Waals surface area contributed by atoms with Gasteiger partial charge in [-0.15, -0.1) is 0 Å². The number of amides is 1. The summed E-state index contributed by atoms with van der Waals surface area (Å²) >= 11 is 0. The van der Waals surface area contributed by atoms with Gasteiger partial charge in [-0.3, -0.25) is 9.69 Å². The molecule has 9 nitrogen and oxygen atoms in total. The number of aromatic nitrogens is 1. The Labute approximate surface area is 202 Å². The fourth-order valence-corrected chi connectivity index (χ4v) is 6.53. The SMILES string of the molecule is Cc1noc(C)c1S(=O)(=O)N1CCC(C(=O)NCc2cccc(CN3CCN(C)CC3)c2)CC1. The minimum absolute atomic E-state index is 0.0149.